The molecule has 0 bridgehead atoms. The topological polar surface area (TPSA) is 91.4 Å². The number of carbonyl (C=O) groups excluding carboxylic acids is 3. The van der Waals surface area contributed by atoms with Crippen LogP contribution in [0.3, 0.4) is 0 Å². The van der Waals surface area contributed by atoms with E-state index in [4.69, 9.17) is 9.57 Å². The third kappa shape index (κ3) is 6.30. The Labute approximate surface area is 181 Å². The lowest BCUT2D eigenvalue weighted by molar-refractivity contribution is -0.183. The molecule has 3 rings (SSSR count). The second kappa shape index (κ2) is 10.4. The predicted molar refractivity (Wildman–Crippen MR) is 112 cm³/mol. The number of amides is 2. The molecular weight excluding hydrogens is 407 g/mol. The van der Waals surface area contributed by atoms with Gasteiger partial charge in [0.25, 0.3) is 6.47 Å². The molecule has 1 atom stereocenters. The highest BCUT2D eigenvalue weighted by Gasteiger charge is 2.35. The Bertz CT molecular complexity index is 804. The number of carbonyl (C=O) groups is 3. The first-order chi connectivity index (χ1) is 14.9. The summed E-state index contributed by atoms with van der Waals surface area (Å²) in [7, 11) is 1.75. The Morgan fingerprint density at radius 3 is 2.77 bits per heavy atom. The Kier molecular flexibility index (Phi) is 7.67. The number of benzene rings is 1. The lowest BCUT2D eigenvalue weighted by Gasteiger charge is -2.27. The van der Waals surface area contributed by atoms with Crippen LogP contribution in [-0.2, 0) is 24.0 Å². The van der Waals surface area contributed by atoms with Gasteiger partial charge in [-0.15, -0.1) is 0 Å². The minimum Gasteiger partial charge on any atom is -0.461 e. The number of anilines is 2. The molecular formula is C21H29FN4O5. The highest BCUT2D eigenvalue weighted by Crippen LogP contribution is 2.32. The molecule has 9 nitrogen and oxygen atoms in total. The number of hydrogen-bond acceptors (Lipinski definition) is 7. The number of hydroxylamine groups is 2. The van der Waals surface area contributed by atoms with E-state index >= 15 is 0 Å². The average molecular weight is 436 g/mol. The second-order valence-electron chi connectivity index (χ2n) is 7.84. The van der Waals surface area contributed by atoms with Crippen LogP contribution in [0, 0.1) is 11.7 Å². The molecule has 1 aromatic carbocycles. The molecule has 31 heavy (non-hydrogen) atoms. The fourth-order valence-electron chi connectivity index (χ4n) is 3.49. The van der Waals surface area contributed by atoms with Crippen LogP contribution in [0.15, 0.2) is 18.2 Å². The summed E-state index contributed by atoms with van der Waals surface area (Å²) in [4.78, 5) is 43.2. The molecule has 2 amide bonds. The molecule has 1 N–H and O–H groups in total. The van der Waals surface area contributed by atoms with Gasteiger partial charge in [-0.1, -0.05) is 0 Å². The van der Waals surface area contributed by atoms with E-state index in [0.29, 0.717) is 44.1 Å². The normalized spacial score (nSPS) is 17.5. The largest absolute Gasteiger partial charge is 0.461 e. The van der Waals surface area contributed by atoms with Crippen molar-refractivity contribution in [1.82, 2.24) is 10.4 Å². The molecule has 10 heteroatoms. The van der Waals surface area contributed by atoms with E-state index in [-0.39, 0.29) is 36.6 Å². The summed E-state index contributed by atoms with van der Waals surface area (Å²) in [6.07, 6.45) is 1.26. The van der Waals surface area contributed by atoms with Gasteiger partial charge in [-0.25, -0.2) is 9.45 Å². The number of likely N-dealkylation sites (N-methyl/N-ethyl adjacent to an activating group) is 1. The van der Waals surface area contributed by atoms with Crippen molar-refractivity contribution in [2.75, 3.05) is 56.2 Å². The molecule has 1 heterocycles. The third-order valence-corrected chi connectivity index (χ3v) is 5.37. The predicted octanol–water partition coefficient (Wildman–Crippen LogP) is 0.930. The number of ether oxygens (including phenoxy) is 1. The first-order valence-corrected chi connectivity index (χ1v) is 10.4. The summed E-state index contributed by atoms with van der Waals surface area (Å²) < 4.78 is 19.9. The lowest BCUT2D eigenvalue weighted by atomic mass is 10.2. The molecule has 0 unspecified atom stereocenters. The van der Waals surface area contributed by atoms with E-state index < -0.39 is 6.10 Å². The van der Waals surface area contributed by atoms with E-state index in [0.717, 1.165) is 12.8 Å². The van der Waals surface area contributed by atoms with E-state index in [1.807, 2.05) is 4.90 Å². The minimum atomic E-state index is -0.563. The van der Waals surface area contributed by atoms with Crippen LogP contribution in [0.5, 0.6) is 0 Å². The van der Waals surface area contributed by atoms with Crippen molar-refractivity contribution < 1.29 is 28.3 Å². The number of hydrogen-bond donors (Lipinski definition) is 1. The Balaban J connectivity index is 1.61. The Morgan fingerprint density at radius 1 is 1.35 bits per heavy atom. The highest BCUT2D eigenvalue weighted by atomic mass is 19.1. The fourth-order valence-corrected chi connectivity index (χ4v) is 3.49. The molecule has 0 radical (unpaired) electrons. The van der Waals surface area contributed by atoms with Crippen molar-refractivity contribution in [3.8, 4) is 0 Å². The standard InChI is InChI=1S/C21H29FN4O5/c1-15(28)23-12-18(30-14-27)13-24(2)17-5-6-20(19(22)11-17)25-7-8-26(31-10-9-25)21(29)16-3-4-16/h5-6,11,14,16,18H,3-4,7-10,12-13H2,1-2H3,(H,23,28)/t18-/m0/s1. The van der Waals surface area contributed by atoms with Crippen LogP contribution in [-0.4, -0.2) is 75.8 Å². The summed E-state index contributed by atoms with van der Waals surface area (Å²) in [5, 5.41) is 4.03. The Hall–Kier alpha value is -2.88. The first kappa shape index (κ1) is 22.8. The van der Waals surface area contributed by atoms with Crippen molar-refractivity contribution in [2.45, 2.75) is 25.9 Å². The van der Waals surface area contributed by atoms with Crippen LogP contribution < -0.4 is 15.1 Å². The van der Waals surface area contributed by atoms with Gasteiger partial charge in [-0.3, -0.25) is 19.2 Å². The van der Waals surface area contributed by atoms with E-state index in [1.54, 1.807) is 24.1 Å². The van der Waals surface area contributed by atoms with Crippen LogP contribution in [0.25, 0.3) is 0 Å². The van der Waals surface area contributed by atoms with Gasteiger partial charge in [0.2, 0.25) is 11.8 Å². The molecule has 0 aromatic heterocycles. The zero-order valence-corrected chi connectivity index (χ0v) is 17.9. The van der Waals surface area contributed by atoms with Crippen LogP contribution in [0.4, 0.5) is 15.8 Å². The number of halogens is 1. The summed E-state index contributed by atoms with van der Waals surface area (Å²) in [5.74, 6) is -0.515. The molecule has 2 aliphatic rings. The van der Waals surface area contributed by atoms with Crippen molar-refractivity contribution in [2.24, 2.45) is 5.92 Å². The van der Waals surface area contributed by atoms with Crippen molar-refractivity contribution in [3.05, 3.63) is 24.0 Å². The second-order valence-corrected chi connectivity index (χ2v) is 7.84. The summed E-state index contributed by atoms with van der Waals surface area (Å²) in [6.45, 7) is 3.84. The molecule has 2 fully saturated rings. The quantitative estimate of drug-likeness (QED) is 0.576. The summed E-state index contributed by atoms with van der Waals surface area (Å²) >= 11 is 0. The summed E-state index contributed by atoms with van der Waals surface area (Å²) in [5.41, 5.74) is 1.06. The van der Waals surface area contributed by atoms with Crippen LogP contribution in [0.1, 0.15) is 19.8 Å². The first-order valence-electron chi connectivity index (χ1n) is 10.4. The molecule has 1 aliphatic carbocycles. The maximum absolute atomic E-state index is 14.9. The van der Waals surface area contributed by atoms with Gasteiger partial charge in [0.15, 0.2) is 0 Å². The molecule has 170 valence electrons. The highest BCUT2D eigenvalue weighted by molar-refractivity contribution is 5.80. The summed E-state index contributed by atoms with van der Waals surface area (Å²) in [6, 6.07) is 4.90. The molecule has 1 saturated heterocycles. The smallest absolute Gasteiger partial charge is 0.293 e. The fraction of sp³-hybridized carbons (Fsp3) is 0.571. The van der Waals surface area contributed by atoms with Crippen LogP contribution >= 0.6 is 0 Å². The molecule has 1 saturated carbocycles. The van der Waals surface area contributed by atoms with Crippen LogP contribution in [0.2, 0.25) is 0 Å². The number of rotatable bonds is 9. The maximum Gasteiger partial charge on any atom is 0.293 e. The van der Waals surface area contributed by atoms with Gasteiger partial charge in [0.05, 0.1) is 31.9 Å². The molecule has 1 aromatic rings. The van der Waals surface area contributed by atoms with Crippen molar-refractivity contribution >= 4 is 29.7 Å². The van der Waals surface area contributed by atoms with Gasteiger partial charge in [-0.05, 0) is 31.0 Å². The Morgan fingerprint density at radius 2 is 2.13 bits per heavy atom. The van der Waals surface area contributed by atoms with Crippen molar-refractivity contribution in [1.29, 1.82) is 0 Å². The van der Waals surface area contributed by atoms with E-state index in [1.165, 1.54) is 18.1 Å². The molecule has 1 aliphatic heterocycles. The number of nitrogens with one attached hydrogen (secondary N) is 1. The SMILES string of the molecule is CC(=O)NC[C@@H](CN(C)c1ccc(N2CCON(C(=O)C3CC3)CC2)c(F)c1)OC=O. The van der Waals surface area contributed by atoms with E-state index in [2.05, 4.69) is 5.32 Å². The third-order valence-electron chi connectivity index (χ3n) is 5.37. The van der Waals surface area contributed by atoms with Crippen molar-refractivity contribution in [3.63, 3.8) is 0 Å². The lowest BCUT2D eigenvalue weighted by Crippen LogP contribution is -2.40. The van der Waals surface area contributed by atoms with Gasteiger partial charge in [-0.2, -0.15) is 0 Å². The van der Waals surface area contributed by atoms with E-state index in [9.17, 15) is 18.8 Å². The van der Waals surface area contributed by atoms with Gasteiger partial charge < -0.3 is 19.9 Å². The molecule has 0 spiro atoms. The zero-order valence-electron chi connectivity index (χ0n) is 17.9. The average Bonchev–Trinajstić information content (AvgIpc) is 3.58. The minimum absolute atomic E-state index is 0.0191. The van der Waals surface area contributed by atoms with Gasteiger partial charge in [0.1, 0.15) is 11.9 Å². The number of nitrogens with zero attached hydrogens (tertiary/aromatic N) is 3. The zero-order chi connectivity index (χ0) is 22.4. The maximum atomic E-state index is 14.9. The van der Waals surface area contributed by atoms with Gasteiger partial charge in [0, 0.05) is 38.7 Å². The van der Waals surface area contributed by atoms with Gasteiger partial charge >= 0.3 is 0 Å². The monoisotopic (exact) mass is 436 g/mol.